The third-order valence-corrected chi connectivity index (χ3v) is 1.77. The molecule has 0 amide bonds. The fourth-order valence-electron chi connectivity index (χ4n) is 1.17. The van der Waals surface area contributed by atoms with Crippen molar-refractivity contribution in [3.63, 3.8) is 0 Å². The minimum atomic E-state index is 0.867. The number of rotatable bonds is 2. The van der Waals surface area contributed by atoms with Gasteiger partial charge in [0, 0.05) is 0 Å². The van der Waals surface area contributed by atoms with Crippen LogP contribution in [0.15, 0.2) is 24.3 Å². The van der Waals surface area contributed by atoms with Gasteiger partial charge in [0.25, 0.3) is 0 Å². The average molecular weight is 122 g/mol. The van der Waals surface area contributed by atoms with Gasteiger partial charge in [0.05, 0.1) is 0 Å². The second-order valence-electron chi connectivity index (χ2n) is 2.61. The first kappa shape index (κ1) is 6.60. The summed E-state index contributed by atoms with van der Waals surface area (Å²) in [5.41, 5.74) is 0. The summed E-state index contributed by atoms with van der Waals surface area (Å²) < 4.78 is 0. The van der Waals surface area contributed by atoms with E-state index in [9.17, 15) is 0 Å². The molecule has 2 atom stereocenters. The zero-order valence-electron chi connectivity index (χ0n) is 6.17. The van der Waals surface area contributed by atoms with Crippen LogP contribution < -0.4 is 0 Å². The Morgan fingerprint density at radius 1 is 1.00 bits per heavy atom. The quantitative estimate of drug-likeness (QED) is 0.494. The van der Waals surface area contributed by atoms with E-state index in [0.29, 0.717) is 0 Å². The number of hydrogen-bond acceptors (Lipinski definition) is 0. The highest BCUT2D eigenvalue weighted by atomic mass is 14.4. The van der Waals surface area contributed by atoms with Gasteiger partial charge in [-0.1, -0.05) is 24.3 Å². The molecule has 0 saturated heterocycles. The molecule has 1 saturated carbocycles. The second kappa shape index (κ2) is 2.86. The minimum Gasteiger partial charge on any atom is -0.0914 e. The summed E-state index contributed by atoms with van der Waals surface area (Å²) in [7, 11) is 0. The fourth-order valence-corrected chi connectivity index (χ4v) is 1.17. The largest absolute Gasteiger partial charge is 0.0914 e. The van der Waals surface area contributed by atoms with E-state index < -0.39 is 0 Å². The standard InChI is InChI=1S/C9H14/c1-3-5-8-7-9(8)6-4-2/h3-6,8-9H,7H2,1-2H3/b5-3+,6-4+. The lowest BCUT2D eigenvalue weighted by Gasteiger charge is -1.80. The fraction of sp³-hybridized carbons (Fsp3) is 0.556. The first-order chi connectivity index (χ1) is 4.38. The van der Waals surface area contributed by atoms with Crippen LogP contribution in [0.4, 0.5) is 0 Å². The molecule has 9 heavy (non-hydrogen) atoms. The summed E-state index contributed by atoms with van der Waals surface area (Å²) in [6, 6.07) is 0. The van der Waals surface area contributed by atoms with Crippen molar-refractivity contribution in [2.45, 2.75) is 20.3 Å². The topological polar surface area (TPSA) is 0 Å². The van der Waals surface area contributed by atoms with Crippen molar-refractivity contribution >= 4 is 0 Å². The Hall–Kier alpha value is -0.520. The summed E-state index contributed by atoms with van der Waals surface area (Å²) in [5.74, 6) is 1.73. The third-order valence-electron chi connectivity index (χ3n) is 1.77. The van der Waals surface area contributed by atoms with Crippen LogP contribution in [0.5, 0.6) is 0 Å². The van der Waals surface area contributed by atoms with Crippen LogP contribution in [0.1, 0.15) is 20.3 Å². The Labute approximate surface area is 57.3 Å². The molecule has 0 radical (unpaired) electrons. The number of allylic oxidation sites excluding steroid dienone is 4. The van der Waals surface area contributed by atoms with Crippen molar-refractivity contribution in [3.8, 4) is 0 Å². The van der Waals surface area contributed by atoms with Crippen LogP contribution >= 0.6 is 0 Å². The van der Waals surface area contributed by atoms with E-state index in [-0.39, 0.29) is 0 Å². The molecule has 1 aliphatic rings. The molecule has 0 heteroatoms. The van der Waals surface area contributed by atoms with Gasteiger partial charge in [0.2, 0.25) is 0 Å². The zero-order chi connectivity index (χ0) is 6.69. The lowest BCUT2D eigenvalue weighted by atomic mass is 10.3. The molecule has 1 fully saturated rings. The molecule has 0 aliphatic heterocycles. The molecule has 0 spiro atoms. The van der Waals surface area contributed by atoms with Crippen molar-refractivity contribution in [2.24, 2.45) is 11.8 Å². The van der Waals surface area contributed by atoms with Gasteiger partial charge >= 0.3 is 0 Å². The molecule has 0 nitrogen and oxygen atoms in total. The van der Waals surface area contributed by atoms with Crippen molar-refractivity contribution in [1.82, 2.24) is 0 Å². The minimum absolute atomic E-state index is 0.867. The van der Waals surface area contributed by atoms with Crippen LogP contribution in [0.3, 0.4) is 0 Å². The van der Waals surface area contributed by atoms with Crippen molar-refractivity contribution in [3.05, 3.63) is 24.3 Å². The maximum absolute atomic E-state index is 2.30. The molecule has 0 N–H and O–H groups in total. The Kier molecular flexibility index (Phi) is 2.10. The molecule has 0 aromatic heterocycles. The summed E-state index contributed by atoms with van der Waals surface area (Å²) in [4.78, 5) is 0. The van der Waals surface area contributed by atoms with Crippen LogP contribution in [-0.4, -0.2) is 0 Å². The molecule has 1 aliphatic carbocycles. The Morgan fingerprint density at radius 3 is 1.78 bits per heavy atom. The van der Waals surface area contributed by atoms with E-state index >= 15 is 0 Å². The first-order valence-corrected chi connectivity index (χ1v) is 3.64. The van der Waals surface area contributed by atoms with Crippen LogP contribution in [0.2, 0.25) is 0 Å². The molecule has 0 heterocycles. The summed E-state index contributed by atoms with van der Waals surface area (Å²) in [5, 5.41) is 0. The first-order valence-electron chi connectivity index (χ1n) is 3.64. The van der Waals surface area contributed by atoms with Crippen molar-refractivity contribution in [1.29, 1.82) is 0 Å². The van der Waals surface area contributed by atoms with Crippen LogP contribution in [0, 0.1) is 11.8 Å². The summed E-state index contributed by atoms with van der Waals surface area (Å²) in [6.07, 6.45) is 10.3. The Bertz CT molecular complexity index is 115. The smallest absolute Gasteiger partial charge is 0.0165 e. The molecular weight excluding hydrogens is 108 g/mol. The second-order valence-corrected chi connectivity index (χ2v) is 2.61. The summed E-state index contributed by atoms with van der Waals surface area (Å²) >= 11 is 0. The molecule has 0 bridgehead atoms. The van der Waals surface area contributed by atoms with Crippen molar-refractivity contribution in [2.75, 3.05) is 0 Å². The highest BCUT2D eigenvalue weighted by Crippen LogP contribution is 2.40. The lowest BCUT2D eigenvalue weighted by Crippen LogP contribution is -1.69. The predicted octanol–water partition coefficient (Wildman–Crippen LogP) is 2.77. The normalized spacial score (nSPS) is 34.4. The van der Waals surface area contributed by atoms with Crippen molar-refractivity contribution < 1.29 is 0 Å². The monoisotopic (exact) mass is 122 g/mol. The van der Waals surface area contributed by atoms with Gasteiger partial charge < -0.3 is 0 Å². The number of hydrogen-bond donors (Lipinski definition) is 0. The van der Waals surface area contributed by atoms with E-state index in [0.717, 1.165) is 11.8 Å². The lowest BCUT2D eigenvalue weighted by molar-refractivity contribution is 0.990. The van der Waals surface area contributed by atoms with Gasteiger partial charge in [-0.25, -0.2) is 0 Å². The summed E-state index contributed by atoms with van der Waals surface area (Å²) in [6.45, 7) is 4.18. The molecule has 50 valence electrons. The molecule has 2 unspecified atom stereocenters. The maximum atomic E-state index is 2.30. The van der Waals surface area contributed by atoms with Gasteiger partial charge in [0.15, 0.2) is 0 Å². The zero-order valence-corrected chi connectivity index (χ0v) is 6.17. The molecular formula is C9H14. The van der Waals surface area contributed by atoms with E-state index in [1.54, 1.807) is 0 Å². The van der Waals surface area contributed by atoms with Gasteiger partial charge in [0.1, 0.15) is 0 Å². The van der Waals surface area contributed by atoms with Crippen LogP contribution in [-0.2, 0) is 0 Å². The van der Waals surface area contributed by atoms with Gasteiger partial charge in [-0.2, -0.15) is 0 Å². The van der Waals surface area contributed by atoms with Gasteiger partial charge in [-0.15, -0.1) is 0 Å². The predicted molar refractivity (Wildman–Crippen MR) is 41.2 cm³/mol. The van der Waals surface area contributed by atoms with E-state index in [4.69, 9.17) is 0 Å². The Morgan fingerprint density at radius 2 is 1.44 bits per heavy atom. The highest BCUT2D eigenvalue weighted by Gasteiger charge is 2.31. The third kappa shape index (κ3) is 1.70. The highest BCUT2D eigenvalue weighted by molar-refractivity contribution is 5.09. The molecule has 1 rings (SSSR count). The Balaban J connectivity index is 2.24. The van der Waals surface area contributed by atoms with Gasteiger partial charge in [-0.3, -0.25) is 0 Å². The van der Waals surface area contributed by atoms with E-state index in [1.165, 1.54) is 6.42 Å². The van der Waals surface area contributed by atoms with Gasteiger partial charge in [-0.05, 0) is 32.1 Å². The average Bonchev–Trinajstić information content (AvgIpc) is 2.50. The maximum Gasteiger partial charge on any atom is -0.0165 e. The SMILES string of the molecule is C/C=C/C1CC1/C=C/C. The molecule has 0 aromatic rings. The molecule has 0 aromatic carbocycles. The van der Waals surface area contributed by atoms with Crippen LogP contribution in [0.25, 0.3) is 0 Å². The van der Waals surface area contributed by atoms with E-state index in [1.807, 2.05) is 0 Å². The van der Waals surface area contributed by atoms with E-state index in [2.05, 4.69) is 38.2 Å².